The fourth-order valence-corrected chi connectivity index (χ4v) is 4.36. The van der Waals surface area contributed by atoms with E-state index in [1.165, 1.54) is 0 Å². The van der Waals surface area contributed by atoms with Crippen LogP contribution >= 0.6 is 22.6 Å². The maximum atomic E-state index is 13.6. The van der Waals surface area contributed by atoms with Gasteiger partial charge in [0.1, 0.15) is 6.04 Å². The molecule has 10 heteroatoms. The highest BCUT2D eigenvalue weighted by Crippen LogP contribution is 2.39. The number of nitrogens with zero attached hydrogens (tertiary/aromatic N) is 3. The number of hydrogen-bond acceptors (Lipinski definition) is 7. The first-order valence-electron chi connectivity index (χ1n) is 11.4. The van der Waals surface area contributed by atoms with Gasteiger partial charge in [0, 0.05) is 28.0 Å². The molecule has 0 aliphatic carbocycles. The van der Waals surface area contributed by atoms with Gasteiger partial charge < -0.3 is 25.2 Å². The molecule has 1 aliphatic rings. The van der Waals surface area contributed by atoms with Crippen molar-refractivity contribution >= 4 is 40.1 Å². The first-order valence-corrected chi connectivity index (χ1v) is 12.4. The number of ether oxygens (including phenoxy) is 2. The Morgan fingerprint density at radius 2 is 2.00 bits per heavy atom. The summed E-state index contributed by atoms with van der Waals surface area (Å²) in [5, 5.41) is 20.2. The molecule has 0 bridgehead atoms. The molecule has 4 rings (SSSR count). The minimum Gasteiger partial charge on any atom is -0.493 e. The highest BCUT2D eigenvalue weighted by atomic mass is 127. The molecule has 3 N–H and O–H groups in total. The number of amides is 1. The molecule has 0 saturated carbocycles. The number of aryl methyl sites for hydroxylation is 1. The van der Waals surface area contributed by atoms with Crippen molar-refractivity contribution in [2.75, 3.05) is 31.0 Å². The molecule has 1 aromatic heterocycles. The summed E-state index contributed by atoms with van der Waals surface area (Å²) in [5.41, 5.74) is 2.70. The highest BCUT2D eigenvalue weighted by molar-refractivity contribution is 14.1. The topological polar surface area (TPSA) is 111 Å². The zero-order chi connectivity index (χ0) is 24.9. The molecule has 1 unspecified atom stereocenters. The quantitative estimate of drug-likeness (QED) is 0.322. The normalized spacial score (nSPS) is 14.8. The Hall–Kier alpha value is -3.12. The largest absolute Gasteiger partial charge is 0.493 e. The zero-order valence-electron chi connectivity index (χ0n) is 19.8. The van der Waals surface area contributed by atoms with E-state index in [-0.39, 0.29) is 12.5 Å². The predicted molar refractivity (Wildman–Crippen MR) is 142 cm³/mol. The second kappa shape index (κ2) is 11.1. The molecule has 2 heterocycles. The van der Waals surface area contributed by atoms with E-state index in [0.29, 0.717) is 59.7 Å². The zero-order valence-corrected chi connectivity index (χ0v) is 22.0. The lowest BCUT2D eigenvalue weighted by Crippen LogP contribution is -2.31. The minimum atomic E-state index is -0.546. The van der Waals surface area contributed by atoms with E-state index in [1.807, 2.05) is 56.3 Å². The fourth-order valence-electron chi connectivity index (χ4n) is 4.00. The molecule has 3 aromatic rings. The highest BCUT2D eigenvalue weighted by Gasteiger charge is 2.35. The summed E-state index contributed by atoms with van der Waals surface area (Å²) >= 11 is 2.23. The van der Waals surface area contributed by atoms with Crippen LogP contribution in [0.4, 0.5) is 11.6 Å². The van der Waals surface area contributed by atoms with Crippen LogP contribution in [0.3, 0.4) is 0 Å². The van der Waals surface area contributed by atoms with Crippen molar-refractivity contribution in [1.29, 1.82) is 0 Å². The molecule has 2 aromatic carbocycles. The van der Waals surface area contributed by atoms with Crippen molar-refractivity contribution < 1.29 is 19.4 Å². The second-order valence-corrected chi connectivity index (χ2v) is 9.24. The molecule has 1 atom stereocenters. The maximum absolute atomic E-state index is 13.6. The number of aliphatic hydroxyl groups excluding tert-OH is 1. The summed E-state index contributed by atoms with van der Waals surface area (Å²) in [6.07, 6.45) is 1.08. The number of allylic oxidation sites excluding steroid dienone is 1. The van der Waals surface area contributed by atoms with Crippen LogP contribution in [-0.2, 0) is 11.2 Å². The molecule has 1 amide bonds. The van der Waals surface area contributed by atoms with Gasteiger partial charge in [0.25, 0.3) is 5.91 Å². The van der Waals surface area contributed by atoms with Gasteiger partial charge in [0.05, 0.1) is 19.3 Å². The van der Waals surface area contributed by atoms with Gasteiger partial charge in [-0.2, -0.15) is 10.1 Å². The van der Waals surface area contributed by atoms with Crippen molar-refractivity contribution in [3.63, 3.8) is 0 Å². The molecule has 0 radical (unpaired) electrons. The fraction of sp³-hybridized carbons (Fsp3) is 0.320. The summed E-state index contributed by atoms with van der Waals surface area (Å²) in [5.74, 6) is 2.09. The van der Waals surface area contributed by atoms with Crippen LogP contribution in [0.2, 0.25) is 0 Å². The van der Waals surface area contributed by atoms with Crippen molar-refractivity contribution in [3.8, 4) is 11.5 Å². The van der Waals surface area contributed by atoms with Crippen molar-refractivity contribution in [3.05, 3.63) is 68.7 Å². The van der Waals surface area contributed by atoms with Crippen molar-refractivity contribution in [1.82, 2.24) is 14.8 Å². The third-order valence-electron chi connectivity index (χ3n) is 5.60. The Kier molecular flexibility index (Phi) is 7.91. The summed E-state index contributed by atoms with van der Waals surface area (Å²) < 4.78 is 14.1. The Morgan fingerprint density at radius 3 is 2.69 bits per heavy atom. The molecule has 0 spiro atoms. The molecular formula is C25H28IN5O4. The summed E-state index contributed by atoms with van der Waals surface area (Å²) in [7, 11) is 1.59. The van der Waals surface area contributed by atoms with E-state index in [1.54, 1.807) is 11.8 Å². The van der Waals surface area contributed by atoms with E-state index in [2.05, 4.69) is 38.2 Å². The van der Waals surface area contributed by atoms with Gasteiger partial charge in [-0.05, 0) is 84.8 Å². The maximum Gasteiger partial charge on any atom is 0.255 e. The minimum absolute atomic E-state index is 0.0533. The van der Waals surface area contributed by atoms with Crippen LogP contribution in [-0.4, -0.2) is 46.1 Å². The number of benzene rings is 2. The van der Waals surface area contributed by atoms with Crippen molar-refractivity contribution in [2.45, 2.75) is 32.7 Å². The SMILES string of the molecule is CCOc1ccc(C2C(C(=O)Nc3ccc(I)cc3)=C(C)Nc3nc(CCCO)nn32)cc1OC. The van der Waals surface area contributed by atoms with E-state index in [9.17, 15) is 9.90 Å². The lowest BCUT2D eigenvalue weighted by molar-refractivity contribution is -0.113. The molecule has 35 heavy (non-hydrogen) atoms. The average Bonchev–Trinajstić information content (AvgIpc) is 3.26. The van der Waals surface area contributed by atoms with Gasteiger partial charge in [0.2, 0.25) is 5.95 Å². The van der Waals surface area contributed by atoms with Gasteiger partial charge in [0.15, 0.2) is 17.3 Å². The van der Waals surface area contributed by atoms with Gasteiger partial charge in [-0.1, -0.05) is 6.07 Å². The Labute approximate surface area is 217 Å². The third-order valence-corrected chi connectivity index (χ3v) is 6.32. The Morgan fingerprint density at radius 1 is 1.23 bits per heavy atom. The number of rotatable bonds is 9. The lowest BCUT2D eigenvalue weighted by Gasteiger charge is -2.29. The number of carbonyl (C=O) groups is 1. The van der Waals surface area contributed by atoms with Crippen LogP contribution in [0.25, 0.3) is 0 Å². The molecule has 184 valence electrons. The Bertz CT molecular complexity index is 1240. The van der Waals surface area contributed by atoms with E-state index >= 15 is 0 Å². The van der Waals surface area contributed by atoms with Gasteiger partial charge >= 0.3 is 0 Å². The first kappa shape index (κ1) is 25.0. The van der Waals surface area contributed by atoms with E-state index in [0.717, 1.165) is 9.13 Å². The van der Waals surface area contributed by atoms with Crippen LogP contribution in [0.1, 0.15) is 37.7 Å². The molecule has 1 aliphatic heterocycles. The number of halogens is 1. The monoisotopic (exact) mass is 589 g/mol. The van der Waals surface area contributed by atoms with Gasteiger partial charge in [-0.25, -0.2) is 4.68 Å². The number of anilines is 2. The number of hydrogen-bond donors (Lipinski definition) is 3. The number of methoxy groups -OCH3 is 1. The van der Waals surface area contributed by atoms with E-state index < -0.39 is 6.04 Å². The molecule has 0 fully saturated rings. The molecule has 9 nitrogen and oxygen atoms in total. The number of carbonyl (C=O) groups excluding carboxylic acids is 1. The van der Waals surface area contributed by atoms with Crippen LogP contribution in [0, 0.1) is 3.57 Å². The summed E-state index contributed by atoms with van der Waals surface area (Å²) in [6, 6.07) is 12.7. The van der Waals surface area contributed by atoms with Crippen LogP contribution in [0.5, 0.6) is 11.5 Å². The third kappa shape index (κ3) is 5.43. The smallest absolute Gasteiger partial charge is 0.255 e. The Balaban J connectivity index is 1.78. The first-order chi connectivity index (χ1) is 16.9. The van der Waals surface area contributed by atoms with E-state index in [4.69, 9.17) is 14.6 Å². The summed E-state index contributed by atoms with van der Waals surface area (Å²) in [6.45, 7) is 4.33. The number of nitrogens with one attached hydrogen (secondary N) is 2. The number of aliphatic hydroxyl groups is 1. The second-order valence-electron chi connectivity index (χ2n) is 7.99. The van der Waals surface area contributed by atoms with Crippen LogP contribution < -0.4 is 20.1 Å². The molecule has 0 saturated heterocycles. The summed E-state index contributed by atoms with van der Waals surface area (Å²) in [4.78, 5) is 18.2. The average molecular weight is 589 g/mol. The number of fused-ring (bicyclic) bond motifs is 1. The van der Waals surface area contributed by atoms with Crippen molar-refractivity contribution in [2.24, 2.45) is 0 Å². The standard InChI is InChI=1S/C25H28IN5O4/c1-4-35-19-12-7-16(14-20(19)34-3)23-22(24(33)28-18-10-8-17(26)9-11-18)15(2)27-25-29-21(6-5-13-32)30-31(23)25/h7-12,14,23,32H,4-6,13H2,1-3H3,(H,28,33)(H,27,29,30). The van der Waals surface area contributed by atoms with Gasteiger partial charge in [-0.3, -0.25) is 4.79 Å². The predicted octanol–water partition coefficient (Wildman–Crippen LogP) is 4.14. The van der Waals surface area contributed by atoms with Gasteiger partial charge in [-0.15, -0.1) is 0 Å². The van der Waals surface area contributed by atoms with Crippen LogP contribution in [0.15, 0.2) is 53.7 Å². The number of aromatic nitrogens is 3. The molecular weight excluding hydrogens is 561 g/mol. The lowest BCUT2D eigenvalue weighted by atomic mass is 9.94.